The van der Waals surface area contributed by atoms with Crippen molar-refractivity contribution >= 4 is 11.9 Å². The average Bonchev–Trinajstić information content (AvgIpc) is 2.99. The summed E-state index contributed by atoms with van der Waals surface area (Å²) in [6.45, 7) is 0. The molecular weight excluding hydrogens is 280 g/mol. The van der Waals surface area contributed by atoms with E-state index in [4.69, 9.17) is 5.11 Å². The smallest absolute Gasteiger partial charge is 0.308 e. The minimum absolute atomic E-state index is 0.0629. The van der Waals surface area contributed by atoms with Gasteiger partial charge in [0.2, 0.25) is 5.91 Å². The lowest BCUT2D eigenvalue weighted by Crippen LogP contribution is -2.38. The van der Waals surface area contributed by atoms with Crippen molar-refractivity contribution in [3.8, 4) is 0 Å². The second-order valence-corrected chi connectivity index (χ2v) is 5.69. The summed E-state index contributed by atoms with van der Waals surface area (Å²) in [6, 6.07) is 2.77. The van der Waals surface area contributed by atoms with Crippen LogP contribution in [0.25, 0.3) is 0 Å². The molecule has 1 amide bonds. The zero-order chi connectivity index (χ0) is 15.1. The molecule has 112 valence electrons. The molecule has 1 N–H and O–H groups in total. The predicted octanol–water partition coefficient (Wildman–Crippen LogP) is 1.97. The van der Waals surface area contributed by atoms with E-state index in [0.717, 1.165) is 18.6 Å². The Bertz CT molecular complexity index is 605. The maximum atomic E-state index is 13.6. The summed E-state index contributed by atoms with van der Waals surface area (Å²) in [5.41, 5.74) is 0.138. The zero-order valence-corrected chi connectivity index (χ0v) is 11.3. The molecule has 4 nitrogen and oxygen atoms in total. The quantitative estimate of drug-likeness (QED) is 0.927. The molecule has 1 aromatic rings. The first-order valence-electron chi connectivity index (χ1n) is 6.95. The molecule has 3 unspecified atom stereocenters. The van der Waals surface area contributed by atoms with Gasteiger partial charge in [-0.05, 0) is 30.9 Å². The number of hydrogen-bond donors (Lipinski definition) is 1. The summed E-state index contributed by atoms with van der Waals surface area (Å²) in [5, 5.41) is 9.16. The van der Waals surface area contributed by atoms with Gasteiger partial charge in [-0.15, -0.1) is 0 Å². The van der Waals surface area contributed by atoms with Crippen molar-refractivity contribution in [3.05, 3.63) is 35.4 Å². The Kier molecular flexibility index (Phi) is 3.39. The molecule has 0 aliphatic carbocycles. The minimum Gasteiger partial charge on any atom is -0.481 e. The summed E-state index contributed by atoms with van der Waals surface area (Å²) in [6.07, 6.45) is 1.79. The summed E-state index contributed by atoms with van der Waals surface area (Å²) >= 11 is 0. The Labute approximate surface area is 120 Å². The molecule has 2 saturated heterocycles. The van der Waals surface area contributed by atoms with Gasteiger partial charge in [-0.25, -0.2) is 8.78 Å². The highest BCUT2D eigenvalue weighted by molar-refractivity contribution is 5.82. The first-order chi connectivity index (χ1) is 9.97. The number of aliphatic carboxylic acids is 1. The van der Waals surface area contributed by atoms with E-state index in [-0.39, 0.29) is 30.0 Å². The molecule has 0 spiro atoms. The number of nitrogens with zero attached hydrogens (tertiary/aromatic N) is 1. The molecular formula is C15H15F2NO3. The highest BCUT2D eigenvalue weighted by Crippen LogP contribution is 2.42. The van der Waals surface area contributed by atoms with Crippen LogP contribution in [0.2, 0.25) is 0 Å². The number of carboxylic acids is 1. The number of hydrogen-bond acceptors (Lipinski definition) is 2. The first kappa shape index (κ1) is 14.0. The van der Waals surface area contributed by atoms with E-state index in [9.17, 15) is 18.4 Å². The van der Waals surface area contributed by atoms with E-state index in [1.165, 1.54) is 6.07 Å². The number of fused-ring (bicyclic) bond motifs is 2. The van der Waals surface area contributed by atoms with Gasteiger partial charge >= 0.3 is 5.97 Å². The van der Waals surface area contributed by atoms with E-state index in [1.807, 2.05) is 0 Å². The molecule has 21 heavy (non-hydrogen) atoms. The Morgan fingerprint density at radius 1 is 1.29 bits per heavy atom. The largest absolute Gasteiger partial charge is 0.481 e. The van der Waals surface area contributed by atoms with Gasteiger partial charge in [-0.1, -0.05) is 6.07 Å². The molecule has 2 aliphatic rings. The van der Waals surface area contributed by atoms with Gasteiger partial charge in [-0.2, -0.15) is 0 Å². The summed E-state index contributed by atoms with van der Waals surface area (Å²) in [4.78, 5) is 25.1. The monoisotopic (exact) mass is 295 g/mol. The number of rotatable bonds is 3. The van der Waals surface area contributed by atoms with Crippen molar-refractivity contribution in [1.82, 2.24) is 4.90 Å². The van der Waals surface area contributed by atoms with E-state index in [2.05, 4.69) is 0 Å². The van der Waals surface area contributed by atoms with E-state index < -0.39 is 23.5 Å². The molecule has 6 heteroatoms. The van der Waals surface area contributed by atoms with Crippen molar-refractivity contribution in [2.45, 2.75) is 37.8 Å². The molecule has 2 heterocycles. The van der Waals surface area contributed by atoms with E-state index in [1.54, 1.807) is 4.90 Å². The molecule has 1 aromatic carbocycles. The van der Waals surface area contributed by atoms with Gasteiger partial charge in [0.25, 0.3) is 0 Å². The standard InChI is InChI=1S/C15H15F2NO3/c16-9-2-1-8(12(17)6-9)5-14(19)18-10-3-4-13(18)11(7-10)15(20)21/h1-2,6,10-11,13H,3-5,7H2,(H,20,21). The van der Waals surface area contributed by atoms with Crippen LogP contribution in [0.5, 0.6) is 0 Å². The number of carbonyl (C=O) groups excluding carboxylic acids is 1. The molecule has 3 atom stereocenters. The van der Waals surface area contributed by atoms with Crippen LogP contribution in [0, 0.1) is 17.6 Å². The maximum Gasteiger partial charge on any atom is 0.308 e. The van der Waals surface area contributed by atoms with Gasteiger partial charge in [0.05, 0.1) is 12.3 Å². The second-order valence-electron chi connectivity index (χ2n) is 5.69. The Morgan fingerprint density at radius 3 is 2.67 bits per heavy atom. The molecule has 0 saturated carbocycles. The third kappa shape index (κ3) is 2.39. The SMILES string of the molecule is O=C(O)C1CC2CCC1N2C(=O)Cc1ccc(F)cc1F. The van der Waals surface area contributed by atoms with E-state index >= 15 is 0 Å². The topological polar surface area (TPSA) is 57.6 Å². The van der Waals surface area contributed by atoms with Crippen LogP contribution >= 0.6 is 0 Å². The highest BCUT2D eigenvalue weighted by Gasteiger charge is 2.51. The third-order valence-corrected chi connectivity index (χ3v) is 4.50. The number of halogens is 2. The lowest BCUT2D eigenvalue weighted by molar-refractivity contribution is -0.143. The lowest BCUT2D eigenvalue weighted by atomic mass is 9.89. The van der Waals surface area contributed by atoms with Gasteiger partial charge < -0.3 is 10.0 Å². The van der Waals surface area contributed by atoms with Crippen molar-refractivity contribution in [1.29, 1.82) is 0 Å². The Balaban J connectivity index is 1.76. The number of amides is 1. The van der Waals surface area contributed by atoms with Gasteiger partial charge in [0.1, 0.15) is 11.6 Å². The van der Waals surface area contributed by atoms with Crippen LogP contribution in [0.3, 0.4) is 0 Å². The molecule has 2 aliphatic heterocycles. The Morgan fingerprint density at radius 2 is 2.05 bits per heavy atom. The van der Waals surface area contributed by atoms with Gasteiger partial charge in [0, 0.05) is 18.2 Å². The van der Waals surface area contributed by atoms with Crippen molar-refractivity contribution in [2.75, 3.05) is 0 Å². The molecule has 2 bridgehead atoms. The number of carboxylic acid groups (broad SMARTS) is 1. The highest BCUT2D eigenvalue weighted by atomic mass is 19.1. The van der Waals surface area contributed by atoms with Crippen LogP contribution < -0.4 is 0 Å². The van der Waals surface area contributed by atoms with Crippen LogP contribution in [-0.4, -0.2) is 34.0 Å². The summed E-state index contributed by atoms with van der Waals surface area (Å²) in [5.74, 6) is -3.11. The van der Waals surface area contributed by atoms with Crippen LogP contribution in [0.4, 0.5) is 8.78 Å². The average molecular weight is 295 g/mol. The molecule has 3 rings (SSSR count). The number of carbonyl (C=O) groups is 2. The zero-order valence-electron chi connectivity index (χ0n) is 11.3. The van der Waals surface area contributed by atoms with Crippen molar-refractivity contribution in [3.63, 3.8) is 0 Å². The van der Waals surface area contributed by atoms with Gasteiger partial charge in [0.15, 0.2) is 0 Å². The van der Waals surface area contributed by atoms with Gasteiger partial charge in [-0.3, -0.25) is 9.59 Å². The molecule has 0 radical (unpaired) electrons. The Hall–Kier alpha value is -1.98. The summed E-state index contributed by atoms with van der Waals surface area (Å²) < 4.78 is 26.5. The van der Waals surface area contributed by atoms with E-state index in [0.29, 0.717) is 12.8 Å². The maximum absolute atomic E-state index is 13.6. The van der Waals surface area contributed by atoms with Crippen LogP contribution in [0.1, 0.15) is 24.8 Å². The van der Waals surface area contributed by atoms with Crippen molar-refractivity contribution < 1.29 is 23.5 Å². The third-order valence-electron chi connectivity index (χ3n) is 4.50. The fourth-order valence-electron chi connectivity index (χ4n) is 3.56. The fourth-order valence-corrected chi connectivity index (χ4v) is 3.56. The molecule has 0 aromatic heterocycles. The molecule has 2 fully saturated rings. The van der Waals surface area contributed by atoms with Crippen LogP contribution in [-0.2, 0) is 16.0 Å². The second kappa shape index (κ2) is 5.09. The summed E-state index contributed by atoms with van der Waals surface area (Å²) in [7, 11) is 0. The predicted molar refractivity (Wildman–Crippen MR) is 69.5 cm³/mol. The minimum atomic E-state index is -0.882. The first-order valence-corrected chi connectivity index (χ1v) is 6.95. The normalized spacial score (nSPS) is 27.1. The number of benzene rings is 1. The lowest BCUT2D eigenvalue weighted by Gasteiger charge is -2.23. The van der Waals surface area contributed by atoms with Crippen molar-refractivity contribution in [2.24, 2.45) is 5.92 Å². The van der Waals surface area contributed by atoms with Crippen LogP contribution in [0.15, 0.2) is 18.2 Å². The fraction of sp³-hybridized carbons (Fsp3) is 0.467.